The Morgan fingerprint density at radius 2 is 1.78 bits per heavy atom. The van der Waals surface area contributed by atoms with E-state index in [0.717, 1.165) is 6.07 Å². The average Bonchev–Trinajstić information content (AvgIpc) is 2.61. The molecule has 6 nitrogen and oxygen atoms in total. The molecule has 9 heteroatoms. The van der Waals surface area contributed by atoms with Crippen molar-refractivity contribution in [1.82, 2.24) is 9.88 Å². The molecular weight excluding hydrogens is 376 g/mol. The summed E-state index contributed by atoms with van der Waals surface area (Å²) >= 11 is 0. The van der Waals surface area contributed by atoms with E-state index in [1.54, 1.807) is 12.1 Å². The van der Waals surface area contributed by atoms with Crippen molar-refractivity contribution in [3.05, 3.63) is 59.3 Å². The van der Waals surface area contributed by atoms with Gasteiger partial charge >= 0.3 is 0 Å². The summed E-state index contributed by atoms with van der Waals surface area (Å²) in [6.07, 6.45) is 1.84. The Bertz CT molecular complexity index is 899. The molecule has 0 radical (unpaired) electrons. The average molecular weight is 395 g/mol. The molecule has 1 aliphatic heterocycles. The molecule has 0 saturated carbocycles. The van der Waals surface area contributed by atoms with Gasteiger partial charge in [0.2, 0.25) is 0 Å². The fourth-order valence-electron chi connectivity index (χ4n) is 2.81. The van der Waals surface area contributed by atoms with Crippen molar-refractivity contribution in [2.75, 3.05) is 36.5 Å². The van der Waals surface area contributed by atoms with E-state index >= 15 is 0 Å². The Kier molecular flexibility index (Phi) is 5.69. The Hall–Kier alpha value is -2.55. The first-order valence-electron chi connectivity index (χ1n) is 8.47. The van der Waals surface area contributed by atoms with E-state index in [9.17, 15) is 22.0 Å². The first kappa shape index (κ1) is 19.2. The van der Waals surface area contributed by atoms with Gasteiger partial charge in [0.05, 0.1) is 17.1 Å². The normalized spacial score (nSPS) is 16.1. The van der Waals surface area contributed by atoms with Gasteiger partial charge < -0.3 is 10.2 Å². The summed E-state index contributed by atoms with van der Waals surface area (Å²) in [6.45, 7) is 0.796. The summed E-state index contributed by atoms with van der Waals surface area (Å²) in [5.41, 5.74) is 0.916. The quantitative estimate of drug-likeness (QED) is 0.836. The fourth-order valence-corrected chi connectivity index (χ4v) is 4.01. The monoisotopic (exact) mass is 395 g/mol. The van der Waals surface area contributed by atoms with Crippen molar-refractivity contribution in [3.8, 4) is 0 Å². The molecule has 1 aromatic carbocycles. The molecule has 3 rings (SSSR count). The van der Waals surface area contributed by atoms with Crippen molar-refractivity contribution in [2.45, 2.75) is 6.42 Å². The maximum absolute atomic E-state index is 13.2. The van der Waals surface area contributed by atoms with E-state index in [2.05, 4.69) is 10.3 Å². The van der Waals surface area contributed by atoms with Gasteiger partial charge in [0, 0.05) is 31.9 Å². The number of rotatable bonds is 5. The standard InChI is InChI=1S/C18H19F2N3O3S/c19-15-9-13(10-16(20)11-15)3-4-21-17-2-1-14(12-22-17)18(24)23-5-7-27(25,26)8-6-23/h1-2,9-12H,3-8H2,(H,21,22). The van der Waals surface area contributed by atoms with Crippen molar-refractivity contribution in [2.24, 2.45) is 0 Å². The van der Waals surface area contributed by atoms with Crippen molar-refractivity contribution in [3.63, 3.8) is 0 Å². The first-order valence-corrected chi connectivity index (χ1v) is 10.3. The second-order valence-electron chi connectivity index (χ2n) is 6.33. The van der Waals surface area contributed by atoms with Crippen molar-refractivity contribution in [1.29, 1.82) is 0 Å². The predicted molar refractivity (Wildman–Crippen MR) is 97.3 cm³/mol. The van der Waals surface area contributed by atoms with Crippen LogP contribution in [0, 0.1) is 11.6 Å². The van der Waals surface area contributed by atoms with Gasteiger partial charge in [0.1, 0.15) is 17.5 Å². The molecule has 0 aliphatic carbocycles. The number of nitrogens with zero attached hydrogens (tertiary/aromatic N) is 2. The van der Waals surface area contributed by atoms with Crippen LogP contribution in [0.3, 0.4) is 0 Å². The van der Waals surface area contributed by atoms with Crippen LogP contribution in [-0.2, 0) is 16.3 Å². The van der Waals surface area contributed by atoms with E-state index in [-0.39, 0.29) is 30.5 Å². The van der Waals surface area contributed by atoms with Gasteiger partial charge in [-0.15, -0.1) is 0 Å². The van der Waals surface area contributed by atoms with Crippen LogP contribution in [0.15, 0.2) is 36.5 Å². The number of anilines is 1. The summed E-state index contributed by atoms with van der Waals surface area (Å²) in [5.74, 6) is -0.990. The second-order valence-corrected chi connectivity index (χ2v) is 8.63. The Morgan fingerprint density at radius 3 is 2.37 bits per heavy atom. The number of carbonyl (C=O) groups is 1. The first-order chi connectivity index (χ1) is 12.8. The molecule has 0 unspecified atom stereocenters. The highest BCUT2D eigenvalue weighted by atomic mass is 32.2. The molecule has 144 valence electrons. The Labute approximate surface area is 156 Å². The summed E-state index contributed by atoms with van der Waals surface area (Å²) in [4.78, 5) is 18.1. The number of pyridine rings is 1. The third kappa shape index (κ3) is 5.22. The number of amides is 1. The molecule has 0 spiro atoms. The minimum Gasteiger partial charge on any atom is -0.370 e. The third-order valence-electron chi connectivity index (χ3n) is 4.28. The maximum Gasteiger partial charge on any atom is 0.255 e. The number of benzene rings is 1. The van der Waals surface area contributed by atoms with Crippen LogP contribution < -0.4 is 5.32 Å². The van der Waals surface area contributed by atoms with Gasteiger partial charge in [-0.25, -0.2) is 22.2 Å². The number of halogens is 2. The lowest BCUT2D eigenvalue weighted by Crippen LogP contribution is -2.43. The van der Waals surface area contributed by atoms with Gasteiger partial charge in [-0.05, 0) is 36.2 Å². The lowest BCUT2D eigenvalue weighted by Gasteiger charge is -2.26. The molecule has 1 aliphatic rings. The zero-order valence-electron chi connectivity index (χ0n) is 14.5. The fraction of sp³-hybridized carbons (Fsp3) is 0.333. The SMILES string of the molecule is O=C(c1ccc(NCCc2cc(F)cc(F)c2)nc1)N1CCS(=O)(=O)CC1. The van der Waals surface area contributed by atoms with Crippen LogP contribution in [0.5, 0.6) is 0 Å². The summed E-state index contributed by atoms with van der Waals surface area (Å²) in [5, 5.41) is 3.03. The summed E-state index contributed by atoms with van der Waals surface area (Å²) in [6, 6.07) is 6.63. The van der Waals surface area contributed by atoms with Crippen LogP contribution in [0.4, 0.5) is 14.6 Å². The number of hydrogen-bond donors (Lipinski definition) is 1. The van der Waals surface area contributed by atoms with E-state index in [1.165, 1.54) is 23.2 Å². The van der Waals surface area contributed by atoms with Crippen LogP contribution in [0.25, 0.3) is 0 Å². The summed E-state index contributed by atoms with van der Waals surface area (Å²) < 4.78 is 49.2. The largest absolute Gasteiger partial charge is 0.370 e. The van der Waals surface area contributed by atoms with Crippen LogP contribution >= 0.6 is 0 Å². The lowest BCUT2D eigenvalue weighted by molar-refractivity contribution is 0.0770. The number of nitrogens with one attached hydrogen (secondary N) is 1. The van der Waals surface area contributed by atoms with Crippen molar-refractivity contribution >= 4 is 21.6 Å². The van der Waals surface area contributed by atoms with Gasteiger partial charge in [0.25, 0.3) is 5.91 Å². The third-order valence-corrected chi connectivity index (χ3v) is 5.89. The van der Waals surface area contributed by atoms with E-state index in [4.69, 9.17) is 0 Å². The van der Waals surface area contributed by atoms with Gasteiger partial charge in [-0.1, -0.05) is 0 Å². The molecular formula is C18H19F2N3O3S. The van der Waals surface area contributed by atoms with E-state index in [0.29, 0.717) is 29.9 Å². The lowest BCUT2D eigenvalue weighted by atomic mass is 10.1. The molecule has 1 fully saturated rings. The molecule has 27 heavy (non-hydrogen) atoms. The molecule has 1 saturated heterocycles. The maximum atomic E-state index is 13.2. The van der Waals surface area contributed by atoms with Crippen LogP contribution in [0.2, 0.25) is 0 Å². The predicted octanol–water partition coefficient (Wildman–Crippen LogP) is 1.88. The highest BCUT2D eigenvalue weighted by Crippen LogP contribution is 2.12. The minimum atomic E-state index is -3.04. The molecule has 1 aromatic heterocycles. The minimum absolute atomic E-state index is 0.0213. The number of carbonyl (C=O) groups excluding carboxylic acids is 1. The second kappa shape index (κ2) is 7.99. The summed E-state index contributed by atoms with van der Waals surface area (Å²) in [7, 11) is -3.04. The Balaban J connectivity index is 1.53. The van der Waals surface area contributed by atoms with Gasteiger partial charge in [-0.2, -0.15) is 0 Å². The zero-order valence-corrected chi connectivity index (χ0v) is 15.3. The van der Waals surface area contributed by atoms with Gasteiger partial charge in [-0.3, -0.25) is 4.79 Å². The number of sulfone groups is 1. The van der Waals surface area contributed by atoms with Crippen LogP contribution in [0.1, 0.15) is 15.9 Å². The Morgan fingerprint density at radius 1 is 1.11 bits per heavy atom. The number of aromatic nitrogens is 1. The molecule has 1 amide bonds. The van der Waals surface area contributed by atoms with Crippen molar-refractivity contribution < 1.29 is 22.0 Å². The smallest absolute Gasteiger partial charge is 0.255 e. The molecule has 0 bridgehead atoms. The molecule has 2 aromatic rings. The highest BCUT2D eigenvalue weighted by molar-refractivity contribution is 7.91. The van der Waals surface area contributed by atoms with E-state index in [1.807, 2.05) is 0 Å². The zero-order chi connectivity index (χ0) is 19.4. The van der Waals surface area contributed by atoms with E-state index < -0.39 is 21.5 Å². The number of hydrogen-bond acceptors (Lipinski definition) is 5. The molecule has 1 N–H and O–H groups in total. The highest BCUT2D eigenvalue weighted by Gasteiger charge is 2.25. The topological polar surface area (TPSA) is 79.4 Å². The molecule has 2 heterocycles. The van der Waals surface area contributed by atoms with Gasteiger partial charge in [0.15, 0.2) is 9.84 Å². The van der Waals surface area contributed by atoms with Crippen LogP contribution in [-0.4, -0.2) is 55.3 Å². The molecule has 0 atom stereocenters.